The Bertz CT molecular complexity index is 943. The average molecular weight is 630 g/mol. The molecule has 19 unspecified atom stereocenters. The number of aliphatic hydroxyl groups is 12. The Balaban J connectivity index is 1.39. The van der Waals surface area contributed by atoms with E-state index in [1.165, 1.54) is 19.9 Å². The van der Waals surface area contributed by atoms with Gasteiger partial charge >= 0.3 is 0 Å². The Morgan fingerprint density at radius 1 is 0.651 bits per heavy atom. The molecule has 3 aliphatic heterocycles. The fourth-order valence-corrected chi connectivity index (χ4v) is 5.79. The lowest BCUT2D eigenvalue weighted by Crippen LogP contribution is -2.68. The van der Waals surface area contributed by atoms with E-state index in [1.54, 1.807) is 0 Å². The SMILES string of the molecule is CC1OC(OC2C(C)OC(OC3C(CO)OC(O)C(O)C3O)C(O)C2O)C(O)C(O)C1NC1C=C(CO)C(O)C(O)C1O. The van der Waals surface area contributed by atoms with Crippen molar-refractivity contribution in [1.29, 1.82) is 0 Å². The molecule has 0 aromatic carbocycles. The molecule has 250 valence electrons. The number of nitrogens with one attached hydrogen (secondary N) is 1. The maximum Gasteiger partial charge on any atom is 0.187 e. The molecule has 19 atom stereocenters. The molecule has 18 heteroatoms. The standard InChI is InChI=1S/C25H43NO17/c1-6-11(26-9-3-8(4-27)12(29)15(32)13(9)30)14(31)19(36)24(39-6)42-21-7(2)40-25(20(37)17(21)34)43-22-10(5-28)41-23(38)18(35)16(22)33/h3,6-7,9-38H,4-5H2,1-2H3. The van der Waals surface area contributed by atoms with Crippen LogP contribution >= 0.6 is 0 Å². The smallest absolute Gasteiger partial charge is 0.187 e. The van der Waals surface area contributed by atoms with Crippen LogP contribution in [-0.2, 0) is 23.7 Å². The second kappa shape index (κ2) is 14.2. The molecule has 0 amide bonds. The molecular formula is C25H43NO17. The van der Waals surface area contributed by atoms with Gasteiger partial charge in [-0.2, -0.15) is 0 Å². The van der Waals surface area contributed by atoms with Crippen LogP contribution in [0.1, 0.15) is 13.8 Å². The summed E-state index contributed by atoms with van der Waals surface area (Å²) in [6, 6.07) is -2.08. The molecule has 0 aromatic rings. The third kappa shape index (κ3) is 6.92. The van der Waals surface area contributed by atoms with Crippen molar-refractivity contribution >= 4 is 0 Å². The fraction of sp³-hybridized carbons (Fsp3) is 0.920. The van der Waals surface area contributed by atoms with Crippen LogP contribution in [0.5, 0.6) is 0 Å². The average Bonchev–Trinajstić information content (AvgIpc) is 2.98. The van der Waals surface area contributed by atoms with E-state index >= 15 is 0 Å². The van der Waals surface area contributed by atoms with Crippen LogP contribution in [0.15, 0.2) is 11.6 Å². The molecule has 0 bridgehead atoms. The maximum absolute atomic E-state index is 10.9. The van der Waals surface area contributed by atoms with Crippen LogP contribution in [-0.4, -0.2) is 191 Å². The Morgan fingerprint density at radius 3 is 1.81 bits per heavy atom. The molecule has 3 fully saturated rings. The Morgan fingerprint density at radius 2 is 1.21 bits per heavy atom. The van der Waals surface area contributed by atoms with Crippen molar-refractivity contribution in [2.75, 3.05) is 13.2 Å². The molecule has 0 spiro atoms. The van der Waals surface area contributed by atoms with Crippen LogP contribution in [0.4, 0.5) is 0 Å². The molecule has 13 N–H and O–H groups in total. The number of aliphatic hydroxyl groups excluding tert-OH is 12. The highest BCUT2D eigenvalue weighted by Crippen LogP contribution is 2.32. The summed E-state index contributed by atoms with van der Waals surface area (Å²) in [5.41, 5.74) is 0.0446. The third-order valence-corrected chi connectivity index (χ3v) is 8.43. The van der Waals surface area contributed by atoms with Crippen LogP contribution in [0.25, 0.3) is 0 Å². The van der Waals surface area contributed by atoms with E-state index in [1.807, 2.05) is 0 Å². The second-order valence-electron chi connectivity index (χ2n) is 11.4. The molecule has 4 rings (SSSR count). The van der Waals surface area contributed by atoms with Crippen LogP contribution in [0.3, 0.4) is 0 Å². The molecule has 43 heavy (non-hydrogen) atoms. The van der Waals surface area contributed by atoms with Gasteiger partial charge in [0.05, 0.1) is 37.5 Å². The minimum atomic E-state index is -1.82. The summed E-state index contributed by atoms with van der Waals surface area (Å²) < 4.78 is 27.7. The monoisotopic (exact) mass is 629 g/mol. The van der Waals surface area contributed by atoms with Gasteiger partial charge < -0.3 is 90.3 Å². The Hall–Kier alpha value is -0.980. The predicted octanol–water partition coefficient (Wildman–Crippen LogP) is -7.54. The molecule has 4 aliphatic rings. The van der Waals surface area contributed by atoms with Gasteiger partial charge in [-0.05, 0) is 19.4 Å². The lowest BCUT2D eigenvalue weighted by Gasteiger charge is -2.48. The van der Waals surface area contributed by atoms with Crippen molar-refractivity contribution in [2.45, 2.75) is 130 Å². The van der Waals surface area contributed by atoms with Gasteiger partial charge in [-0.25, -0.2) is 0 Å². The van der Waals surface area contributed by atoms with E-state index in [0.29, 0.717) is 0 Å². The minimum Gasteiger partial charge on any atom is -0.394 e. The Labute approximate surface area is 245 Å². The first-order valence-electron chi connectivity index (χ1n) is 14.0. The van der Waals surface area contributed by atoms with Gasteiger partial charge in [0, 0.05) is 0 Å². The van der Waals surface area contributed by atoms with Gasteiger partial charge in [-0.15, -0.1) is 0 Å². The zero-order valence-electron chi connectivity index (χ0n) is 23.4. The number of rotatable bonds is 8. The highest BCUT2D eigenvalue weighted by atomic mass is 16.7. The summed E-state index contributed by atoms with van der Waals surface area (Å²) in [4.78, 5) is 0. The number of ether oxygens (including phenoxy) is 5. The molecule has 3 saturated heterocycles. The molecule has 0 saturated carbocycles. The lowest BCUT2D eigenvalue weighted by molar-refractivity contribution is -0.370. The summed E-state index contributed by atoms with van der Waals surface area (Å²) in [5.74, 6) is 0. The van der Waals surface area contributed by atoms with Crippen molar-refractivity contribution < 1.29 is 85.0 Å². The van der Waals surface area contributed by atoms with Crippen molar-refractivity contribution in [3.63, 3.8) is 0 Å². The van der Waals surface area contributed by atoms with Crippen LogP contribution < -0.4 is 5.32 Å². The van der Waals surface area contributed by atoms with E-state index in [4.69, 9.17) is 23.7 Å². The van der Waals surface area contributed by atoms with Crippen molar-refractivity contribution in [2.24, 2.45) is 0 Å². The van der Waals surface area contributed by atoms with Crippen molar-refractivity contribution in [3.8, 4) is 0 Å². The quantitative estimate of drug-likeness (QED) is 0.111. The predicted molar refractivity (Wildman–Crippen MR) is 136 cm³/mol. The minimum absolute atomic E-state index is 0.0446. The highest BCUT2D eigenvalue weighted by Gasteiger charge is 2.52. The van der Waals surface area contributed by atoms with Crippen molar-refractivity contribution in [1.82, 2.24) is 5.32 Å². The number of hydrogen-bond acceptors (Lipinski definition) is 18. The van der Waals surface area contributed by atoms with E-state index < -0.39 is 130 Å². The van der Waals surface area contributed by atoms with Crippen LogP contribution in [0, 0.1) is 0 Å². The van der Waals surface area contributed by atoms with E-state index in [0.717, 1.165) is 0 Å². The summed E-state index contributed by atoms with van der Waals surface area (Å²) in [7, 11) is 0. The first kappa shape index (κ1) is 34.9. The normalized spacial score (nSPS) is 53.0. The van der Waals surface area contributed by atoms with Gasteiger partial charge in [-0.1, -0.05) is 6.08 Å². The molecule has 3 heterocycles. The summed E-state index contributed by atoms with van der Waals surface area (Å²) in [5, 5.41) is 126. The zero-order valence-corrected chi connectivity index (χ0v) is 23.4. The van der Waals surface area contributed by atoms with Gasteiger partial charge in [0.25, 0.3) is 0 Å². The van der Waals surface area contributed by atoms with Gasteiger partial charge in [0.15, 0.2) is 18.9 Å². The van der Waals surface area contributed by atoms with E-state index in [9.17, 15) is 61.3 Å². The third-order valence-electron chi connectivity index (χ3n) is 8.43. The van der Waals surface area contributed by atoms with Gasteiger partial charge in [0.1, 0.15) is 73.2 Å². The van der Waals surface area contributed by atoms with Gasteiger partial charge in [0.2, 0.25) is 0 Å². The van der Waals surface area contributed by atoms with Crippen LogP contribution in [0.2, 0.25) is 0 Å². The molecule has 1 aliphatic carbocycles. The van der Waals surface area contributed by atoms with E-state index in [-0.39, 0.29) is 5.57 Å². The first-order valence-corrected chi connectivity index (χ1v) is 14.0. The molecule has 0 aromatic heterocycles. The number of hydrogen-bond donors (Lipinski definition) is 13. The summed E-state index contributed by atoms with van der Waals surface area (Å²) in [6.45, 7) is 1.62. The Kier molecular flexibility index (Phi) is 11.5. The van der Waals surface area contributed by atoms with Gasteiger partial charge in [-0.3, -0.25) is 0 Å². The highest BCUT2D eigenvalue weighted by molar-refractivity contribution is 5.22. The topological polar surface area (TPSA) is 301 Å². The summed E-state index contributed by atoms with van der Waals surface area (Å²) in [6.07, 6.45) is -24.8. The maximum atomic E-state index is 10.9. The molecular weight excluding hydrogens is 586 g/mol. The first-order chi connectivity index (χ1) is 20.2. The van der Waals surface area contributed by atoms with Crippen molar-refractivity contribution in [3.05, 3.63) is 11.6 Å². The second-order valence-corrected chi connectivity index (χ2v) is 11.4. The largest absolute Gasteiger partial charge is 0.394 e. The molecule has 0 radical (unpaired) electrons. The summed E-state index contributed by atoms with van der Waals surface area (Å²) >= 11 is 0. The lowest BCUT2D eigenvalue weighted by atomic mass is 9.86. The van der Waals surface area contributed by atoms with E-state index in [2.05, 4.69) is 5.32 Å². The fourth-order valence-electron chi connectivity index (χ4n) is 5.79. The molecule has 18 nitrogen and oxygen atoms in total. The zero-order chi connectivity index (χ0) is 31.9.